The molecule has 0 spiro atoms. The Hall–Kier alpha value is -2.05. The first kappa shape index (κ1) is 23.2. The van der Waals surface area contributed by atoms with E-state index in [0.29, 0.717) is 18.0 Å². The Balaban J connectivity index is 2.16. The normalized spacial score (nSPS) is 11.7. The van der Waals surface area contributed by atoms with Gasteiger partial charge in [-0.2, -0.15) is 0 Å². The summed E-state index contributed by atoms with van der Waals surface area (Å²) in [7, 11) is 0. The second kappa shape index (κ2) is 11.8. The monoisotopic (exact) mass is 436 g/mol. The zero-order chi connectivity index (χ0) is 21.2. The van der Waals surface area contributed by atoms with E-state index in [1.54, 1.807) is 29.2 Å². The number of nitrogens with one attached hydrogen (secondary N) is 1. The number of carbonyl (C=O) groups excluding carboxylic acids is 2. The molecular formula is C22H26ClFN2O2S. The molecule has 7 heteroatoms. The summed E-state index contributed by atoms with van der Waals surface area (Å²) in [6, 6.07) is 12.7. The molecule has 0 bridgehead atoms. The number of hydrogen-bond donors (Lipinski definition) is 1. The predicted molar refractivity (Wildman–Crippen MR) is 117 cm³/mol. The summed E-state index contributed by atoms with van der Waals surface area (Å²) >= 11 is 7.30. The maximum absolute atomic E-state index is 13.3. The lowest BCUT2D eigenvalue weighted by Crippen LogP contribution is -2.49. The van der Waals surface area contributed by atoms with Crippen molar-refractivity contribution >= 4 is 35.2 Å². The van der Waals surface area contributed by atoms with E-state index < -0.39 is 6.04 Å². The van der Waals surface area contributed by atoms with Crippen LogP contribution in [0.1, 0.15) is 32.3 Å². The van der Waals surface area contributed by atoms with Gasteiger partial charge in [-0.25, -0.2) is 4.39 Å². The molecule has 0 aliphatic carbocycles. The summed E-state index contributed by atoms with van der Waals surface area (Å²) in [5, 5.41) is 3.52. The van der Waals surface area contributed by atoms with Crippen molar-refractivity contribution in [2.24, 2.45) is 0 Å². The van der Waals surface area contributed by atoms with Crippen molar-refractivity contribution in [3.63, 3.8) is 0 Å². The molecule has 2 rings (SSSR count). The van der Waals surface area contributed by atoms with Crippen LogP contribution in [-0.2, 0) is 16.1 Å². The van der Waals surface area contributed by atoms with Crippen LogP contribution in [0.4, 0.5) is 4.39 Å². The first-order valence-electron chi connectivity index (χ1n) is 9.64. The SMILES string of the molecule is CCCNC(=O)[C@H](CC)N(Cc1ccc(F)cc1)C(=O)CSc1ccc(Cl)cc1. The molecular weight excluding hydrogens is 411 g/mol. The lowest BCUT2D eigenvalue weighted by Gasteiger charge is -2.30. The molecule has 0 fully saturated rings. The second-order valence-electron chi connectivity index (χ2n) is 6.61. The maximum atomic E-state index is 13.3. The van der Waals surface area contributed by atoms with Gasteiger partial charge in [0, 0.05) is 23.0 Å². The van der Waals surface area contributed by atoms with Crippen LogP contribution in [0, 0.1) is 5.82 Å². The van der Waals surface area contributed by atoms with Gasteiger partial charge in [-0.1, -0.05) is 37.6 Å². The molecule has 2 aromatic rings. The zero-order valence-electron chi connectivity index (χ0n) is 16.7. The van der Waals surface area contributed by atoms with Crippen LogP contribution in [0.2, 0.25) is 5.02 Å². The molecule has 0 heterocycles. The van der Waals surface area contributed by atoms with Crippen LogP contribution in [-0.4, -0.2) is 35.1 Å². The quantitative estimate of drug-likeness (QED) is 0.538. The molecule has 0 radical (unpaired) electrons. The van der Waals surface area contributed by atoms with Crippen LogP contribution in [0.15, 0.2) is 53.4 Å². The third-order valence-corrected chi connectivity index (χ3v) is 5.63. The number of amides is 2. The van der Waals surface area contributed by atoms with Crippen molar-refractivity contribution in [3.05, 3.63) is 64.9 Å². The Labute approximate surface area is 180 Å². The van der Waals surface area contributed by atoms with Crippen LogP contribution >= 0.6 is 23.4 Å². The molecule has 0 saturated carbocycles. The summed E-state index contributed by atoms with van der Waals surface area (Å²) in [6.07, 6.45) is 1.31. The average Bonchev–Trinajstić information content (AvgIpc) is 2.72. The van der Waals surface area contributed by atoms with Crippen molar-refractivity contribution in [1.82, 2.24) is 10.2 Å². The molecule has 0 unspecified atom stereocenters. The summed E-state index contributed by atoms with van der Waals surface area (Å²) in [5.41, 5.74) is 0.776. The zero-order valence-corrected chi connectivity index (χ0v) is 18.2. The first-order valence-corrected chi connectivity index (χ1v) is 11.0. The lowest BCUT2D eigenvalue weighted by molar-refractivity contribution is -0.139. The largest absolute Gasteiger partial charge is 0.354 e. The molecule has 0 aliphatic heterocycles. The first-order chi connectivity index (χ1) is 13.9. The molecule has 156 valence electrons. The summed E-state index contributed by atoms with van der Waals surface area (Å²) in [4.78, 5) is 28.2. The summed E-state index contributed by atoms with van der Waals surface area (Å²) in [6.45, 7) is 4.67. The van der Waals surface area contributed by atoms with E-state index in [1.807, 2.05) is 26.0 Å². The second-order valence-corrected chi connectivity index (χ2v) is 8.09. The fraction of sp³-hybridized carbons (Fsp3) is 0.364. The van der Waals surface area contributed by atoms with Crippen LogP contribution in [0.5, 0.6) is 0 Å². The number of nitrogens with zero attached hydrogens (tertiary/aromatic N) is 1. The van der Waals surface area contributed by atoms with Gasteiger partial charge in [-0.05, 0) is 54.8 Å². The number of carbonyl (C=O) groups is 2. The van der Waals surface area contributed by atoms with Crippen LogP contribution in [0.3, 0.4) is 0 Å². The van der Waals surface area contributed by atoms with Gasteiger partial charge in [0.05, 0.1) is 5.75 Å². The Bertz CT molecular complexity index is 799. The van der Waals surface area contributed by atoms with Gasteiger partial charge in [-0.3, -0.25) is 9.59 Å². The van der Waals surface area contributed by atoms with E-state index in [0.717, 1.165) is 16.9 Å². The minimum Gasteiger partial charge on any atom is -0.354 e. The number of halogens is 2. The van der Waals surface area contributed by atoms with Crippen molar-refractivity contribution in [1.29, 1.82) is 0 Å². The minimum absolute atomic E-state index is 0.146. The number of benzene rings is 2. The Morgan fingerprint density at radius 1 is 1.10 bits per heavy atom. The molecule has 0 saturated heterocycles. The molecule has 0 aliphatic rings. The topological polar surface area (TPSA) is 49.4 Å². The highest BCUT2D eigenvalue weighted by Crippen LogP contribution is 2.22. The Morgan fingerprint density at radius 3 is 2.34 bits per heavy atom. The van der Waals surface area contributed by atoms with E-state index in [4.69, 9.17) is 11.6 Å². The van der Waals surface area contributed by atoms with Gasteiger partial charge in [0.1, 0.15) is 11.9 Å². The number of thioether (sulfide) groups is 1. The molecule has 2 aromatic carbocycles. The van der Waals surface area contributed by atoms with Gasteiger partial charge in [0.25, 0.3) is 0 Å². The molecule has 1 atom stereocenters. The fourth-order valence-electron chi connectivity index (χ4n) is 2.83. The molecule has 0 aromatic heterocycles. The van der Waals surface area contributed by atoms with Crippen molar-refractivity contribution < 1.29 is 14.0 Å². The van der Waals surface area contributed by atoms with E-state index in [2.05, 4.69) is 5.32 Å². The van der Waals surface area contributed by atoms with Crippen molar-refractivity contribution in [3.8, 4) is 0 Å². The van der Waals surface area contributed by atoms with E-state index in [-0.39, 0.29) is 29.9 Å². The summed E-state index contributed by atoms with van der Waals surface area (Å²) < 4.78 is 13.3. The minimum atomic E-state index is -0.579. The Morgan fingerprint density at radius 2 is 1.76 bits per heavy atom. The average molecular weight is 437 g/mol. The highest BCUT2D eigenvalue weighted by atomic mass is 35.5. The molecule has 1 N–H and O–H groups in total. The van der Waals surface area contributed by atoms with E-state index in [1.165, 1.54) is 23.9 Å². The van der Waals surface area contributed by atoms with E-state index >= 15 is 0 Å². The highest BCUT2D eigenvalue weighted by molar-refractivity contribution is 8.00. The standard InChI is InChI=1S/C22H26ClFN2O2S/c1-3-13-25-22(28)20(4-2)26(14-16-5-9-18(24)10-6-16)21(27)15-29-19-11-7-17(23)8-12-19/h5-12,20H,3-4,13-15H2,1-2H3,(H,25,28)/t20-/m0/s1. The van der Waals surface area contributed by atoms with Crippen molar-refractivity contribution in [2.45, 2.75) is 44.2 Å². The van der Waals surface area contributed by atoms with Gasteiger partial charge in [0.2, 0.25) is 11.8 Å². The van der Waals surface area contributed by atoms with Gasteiger partial charge < -0.3 is 10.2 Å². The summed E-state index contributed by atoms with van der Waals surface area (Å²) in [5.74, 6) is -0.452. The van der Waals surface area contributed by atoms with Gasteiger partial charge >= 0.3 is 0 Å². The third-order valence-electron chi connectivity index (χ3n) is 4.38. The smallest absolute Gasteiger partial charge is 0.242 e. The van der Waals surface area contributed by atoms with Gasteiger partial charge in [-0.15, -0.1) is 11.8 Å². The third kappa shape index (κ3) is 7.37. The van der Waals surface area contributed by atoms with E-state index in [9.17, 15) is 14.0 Å². The maximum Gasteiger partial charge on any atom is 0.242 e. The molecule has 4 nitrogen and oxygen atoms in total. The van der Waals surface area contributed by atoms with Crippen molar-refractivity contribution in [2.75, 3.05) is 12.3 Å². The van der Waals surface area contributed by atoms with Gasteiger partial charge in [0.15, 0.2) is 0 Å². The number of hydrogen-bond acceptors (Lipinski definition) is 3. The molecule has 2 amide bonds. The van der Waals surface area contributed by atoms with Crippen LogP contribution < -0.4 is 5.32 Å². The Kier molecular flexibility index (Phi) is 9.48. The number of rotatable bonds is 10. The lowest BCUT2D eigenvalue weighted by atomic mass is 10.1. The fourth-order valence-corrected chi connectivity index (χ4v) is 3.74. The van der Waals surface area contributed by atoms with Crippen LogP contribution in [0.25, 0.3) is 0 Å². The highest BCUT2D eigenvalue weighted by Gasteiger charge is 2.28. The predicted octanol–water partition coefficient (Wildman–Crippen LogP) is 4.90. The molecule has 29 heavy (non-hydrogen) atoms.